The van der Waals surface area contributed by atoms with Crippen molar-refractivity contribution in [1.29, 1.82) is 0 Å². The number of thioether (sulfide) groups is 1. The average molecular weight is 425 g/mol. The minimum atomic E-state index is 0.0528. The first-order valence-electron chi connectivity index (χ1n) is 9.79. The molecule has 4 aromatic rings. The number of thiophene rings is 1. The van der Waals surface area contributed by atoms with Gasteiger partial charge in [-0.25, -0.2) is 4.98 Å². The molecule has 0 spiro atoms. The van der Waals surface area contributed by atoms with Crippen LogP contribution in [0.4, 0.5) is 0 Å². The van der Waals surface area contributed by atoms with Gasteiger partial charge in [-0.15, -0.1) is 0 Å². The first-order valence-corrected chi connectivity index (χ1v) is 11.7. The number of nitrogens with zero attached hydrogens (tertiary/aromatic N) is 4. The highest BCUT2D eigenvalue weighted by atomic mass is 32.2. The van der Waals surface area contributed by atoms with Crippen molar-refractivity contribution in [3.8, 4) is 11.5 Å². The van der Waals surface area contributed by atoms with Crippen molar-refractivity contribution < 1.29 is 4.52 Å². The van der Waals surface area contributed by atoms with Crippen molar-refractivity contribution in [1.82, 2.24) is 19.7 Å². The number of rotatable bonds is 5. The van der Waals surface area contributed by atoms with Crippen LogP contribution in [0, 0.1) is 0 Å². The molecule has 0 saturated heterocycles. The summed E-state index contributed by atoms with van der Waals surface area (Å²) in [5.74, 6) is 1.64. The average Bonchev–Trinajstić information content (AvgIpc) is 3.45. The summed E-state index contributed by atoms with van der Waals surface area (Å²) in [6, 6.07) is 9.75. The Bertz CT molecular complexity index is 1180. The Morgan fingerprint density at radius 1 is 1.14 bits per heavy atom. The molecule has 0 radical (unpaired) electrons. The molecule has 0 aliphatic heterocycles. The van der Waals surface area contributed by atoms with Crippen molar-refractivity contribution >= 4 is 34.0 Å². The third-order valence-corrected chi connectivity index (χ3v) is 6.91. The fourth-order valence-electron chi connectivity index (χ4n) is 3.83. The standard InChI is InChI=1S/C21H20N4O2S2/c26-20-16-8-4-5-9-17(16)22-21(25(20)15-6-2-1-3-7-15)29-13-18-23-19(27-24-18)14-10-11-28-12-14/h4-5,8-12,15H,1-3,6-7,13H2. The lowest BCUT2D eigenvalue weighted by molar-refractivity contribution is 0.326. The largest absolute Gasteiger partial charge is 0.334 e. The normalized spacial score (nSPS) is 15.2. The van der Waals surface area contributed by atoms with Gasteiger partial charge in [-0.2, -0.15) is 16.3 Å². The summed E-state index contributed by atoms with van der Waals surface area (Å²) in [6.45, 7) is 0. The van der Waals surface area contributed by atoms with Crippen LogP contribution in [0.5, 0.6) is 0 Å². The van der Waals surface area contributed by atoms with E-state index in [1.165, 1.54) is 18.2 Å². The van der Waals surface area contributed by atoms with Gasteiger partial charge in [0.2, 0.25) is 0 Å². The van der Waals surface area contributed by atoms with E-state index < -0.39 is 0 Å². The lowest BCUT2D eigenvalue weighted by atomic mass is 9.95. The monoisotopic (exact) mass is 424 g/mol. The number of para-hydroxylation sites is 1. The van der Waals surface area contributed by atoms with E-state index in [0.717, 1.165) is 41.9 Å². The molecule has 8 heteroatoms. The van der Waals surface area contributed by atoms with Crippen LogP contribution in [0.15, 0.2) is 55.6 Å². The molecular weight excluding hydrogens is 404 g/mol. The molecule has 1 aliphatic rings. The molecule has 148 valence electrons. The first-order chi connectivity index (χ1) is 14.3. The Labute approximate surface area is 176 Å². The zero-order valence-corrected chi connectivity index (χ0v) is 17.4. The SMILES string of the molecule is O=c1c2ccccc2nc(SCc2noc(-c3ccsc3)n2)n1C1CCCCC1. The van der Waals surface area contributed by atoms with Crippen molar-refractivity contribution in [2.24, 2.45) is 0 Å². The molecule has 1 aromatic carbocycles. The summed E-state index contributed by atoms with van der Waals surface area (Å²) in [5, 5.41) is 9.48. The molecule has 0 N–H and O–H groups in total. The number of hydrogen-bond donors (Lipinski definition) is 0. The summed E-state index contributed by atoms with van der Waals surface area (Å²) < 4.78 is 7.29. The molecule has 5 rings (SSSR count). The predicted molar refractivity (Wildman–Crippen MR) is 115 cm³/mol. The molecule has 1 aliphatic carbocycles. The Hall–Kier alpha value is -2.45. The van der Waals surface area contributed by atoms with Gasteiger partial charge in [-0.3, -0.25) is 9.36 Å². The van der Waals surface area contributed by atoms with Crippen LogP contribution in [-0.2, 0) is 5.75 Å². The van der Waals surface area contributed by atoms with Gasteiger partial charge in [0.25, 0.3) is 11.4 Å². The lowest BCUT2D eigenvalue weighted by Crippen LogP contribution is -2.29. The van der Waals surface area contributed by atoms with E-state index in [2.05, 4.69) is 10.1 Å². The van der Waals surface area contributed by atoms with Crippen LogP contribution in [-0.4, -0.2) is 19.7 Å². The van der Waals surface area contributed by atoms with Gasteiger partial charge < -0.3 is 4.52 Å². The van der Waals surface area contributed by atoms with Gasteiger partial charge in [-0.1, -0.05) is 48.3 Å². The van der Waals surface area contributed by atoms with Crippen LogP contribution < -0.4 is 5.56 Å². The topological polar surface area (TPSA) is 73.8 Å². The Kier molecular flexibility index (Phi) is 5.20. The molecule has 3 heterocycles. The third kappa shape index (κ3) is 3.74. The highest BCUT2D eigenvalue weighted by molar-refractivity contribution is 7.98. The fraction of sp³-hybridized carbons (Fsp3) is 0.333. The van der Waals surface area contributed by atoms with E-state index in [9.17, 15) is 4.79 Å². The van der Waals surface area contributed by atoms with Crippen molar-refractivity contribution in [3.63, 3.8) is 0 Å². The smallest absolute Gasteiger partial charge is 0.262 e. The molecule has 0 amide bonds. The Balaban J connectivity index is 1.47. The quantitative estimate of drug-likeness (QED) is 0.319. The molecule has 0 atom stereocenters. The van der Waals surface area contributed by atoms with Crippen LogP contribution in [0.3, 0.4) is 0 Å². The molecule has 6 nitrogen and oxygen atoms in total. The summed E-state index contributed by atoms with van der Waals surface area (Å²) in [4.78, 5) is 22.6. The molecule has 3 aromatic heterocycles. The maximum atomic E-state index is 13.3. The van der Waals surface area contributed by atoms with E-state index in [4.69, 9.17) is 9.51 Å². The van der Waals surface area contributed by atoms with Gasteiger partial charge in [0.15, 0.2) is 11.0 Å². The third-order valence-electron chi connectivity index (χ3n) is 5.28. The Morgan fingerprint density at radius 3 is 2.83 bits per heavy atom. The minimum absolute atomic E-state index is 0.0528. The van der Waals surface area contributed by atoms with Gasteiger partial charge in [0.1, 0.15) is 0 Å². The Morgan fingerprint density at radius 2 is 2.00 bits per heavy atom. The summed E-state index contributed by atoms with van der Waals surface area (Å²) in [5.41, 5.74) is 1.72. The maximum absolute atomic E-state index is 13.3. The highest BCUT2D eigenvalue weighted by Crippen LogP contribution is 2.32. The second-order valence-corrected chi connectivity index (χ2v) is 8.92. The number of benzene rings is 1. The lowest BCUT2D eigenvalue weighted by Gasteiger charge is -2.26. The number of fused-ring (bicyclic) bond motifs is 1. The van der Waals surface area contributed by atoms with Crippen molar-refractivity contribution in [3.05, 3.63) is 57.3 Å². The van der Waals surface area contributed by atoms with Crippen LogP contribution in [0.25, 0.3) is 22.4 Å². The zero-order valence-electron chi connectivity index (χ0n) is 15.8. The molecule has 0 bridgehead atoms. The van der Waals surface area contributed by atoms with Crippen LogP contribution in [0.1, 0.15) is 44.0 Å². The van der Waals surface area contributed by atoms with Crippen LogP contribution >= 0.6 is 23.1 Å². The summed E-state index contributed by atoms with van der Waals surface area (Å²) >= 11 is 3.10. The highest BCUT2D eigenvalue weighted by Gasteiger charge is 2.22. The summed E-state index contributed by atoms with van der Waals surface area (Å²) in [6.07, 6.45) is 5.60. The van der Waals surface area contributed by atoms with Gasteiger partial charge in [0, 0.05) is 11.4 Å². The van der Waals surface area contributed by atoms with E-state index in [1.807, 2.05) is 45.7 Å². The minimum Gasteiger partial charge on any atom is -0.334 e. The fourth-order valence-corrected chi connectivity index (χ4v) is 5.37. The van der Waals surface area contributed by atoms with Gasteiger partial charge in [0.05, 0.1) is 22.2 Å². The van der Waals surface area contributed by atoms with Crippen molar-refractivity contribution in [2.75, 3.05) is 0 Å². The predicted octanol–water partition coefficient (Wildman–Crippen LogP) is 5.31. The second-order valence-electron chi connectivity index (χ2n) is 7.19. The first kappa shape index (κ1) is 18.6. The van der Waals surface area contributed by atoms with Crippen molar-refractivity contribution in [2.45, 2.75) is 49.1 Å². The molecule has 1 saturated carbocycles. The van der Waals surface area contributed by atoms with E-state index in [-0.39, 0.29) is 11.6 Å². The molecule has 1 fully saturated rings. The zero-order chi connectivity index (χ0) is 19.6. The molecule has 0 unspecified atom stereocenters. The molecular formula is C21H20N4O2S2. The number of hydrogen-bond acceptors (Lipinski definition) is 7. The number of aromatic nitrogens is 4. The molecule has 29 heavy (non-hydrogen) atoms. The van der Waals surface area contributed by atoms with Gasteiger partial charge in [-0.05, 0) is 36.4 Å². The van der Waals surface area contributed by atoms with Gasteiger partial charge >= 0.3 is 0 Å². The van der Waals surface area contributed by atoms with E-state index in [1.54, 1.807) is 11.3 Å². The van der Waals surface area contributed by atoms with Crippen LogP contribution in [0.2, 0.25) is 0 Å². The second kappa shape index (κ2) is 8.12. The summed E-state index contributed by atoms with van der Waals surface area (Å²) in [7, 11) is 0. The maximum Gasteiger partial charge on any atom is 0.262 e. The van der Waals surface area contributed by atoms with E-state index >= 15 is 0 Å². The van der Waals surface area contributed by atoms with E-state index in [0.29, 0.717) is 22.9 Å².